The number of hydrazine groups is 1. The Morgan fingerprint density at radius 1 is 1.00 bits per heavy atom. The largest absolute Gasteiger partial charge is 0.378 e. The molecule has 21 heavy (non-hydrogen) atoms. The lowest BCUT2D eigenvalue weighted by atomic mass is 10.2. The SMILES string of the molecule is CN(C)c1ccc(C(=O)NNC(=O)c2ccc(Br)s2)cc1. The molecule has 1 aromatic heterocycles. The van der Waals surface area contributed by atoms with Crippen molar-refractivity contribution in [1.82, 2.24) is 10.9 Å². The van der Waals surface area contributed by atoms with Gasteiger partial charge in [-0.25, -0.2) is 0 Å². The highest BCUT2D eigenvalue weighted by Crippen LogP contribution is 2.21. The van der Waals surface area contributed by atoms with E-state index >= 15 is 0 Å². The lowest BCUT2D eigenvalue weighted by Crippen LogP contribution is -2.41. The Labute approximate surface area is 135 Å². The third kappa shape index (κ3) is 4.05. The van der Waals surface area contributed by atoms with Crippen LogP contribution in [-0.2, 0) is 0 Å². The molecule has 1 aromatic carbocycles. The minimum Gasteiger partial charge on any atom is -0.378 e. The van der Waals surface area contributed by atoms with Gasteiger partial charge in [0.1, 0.15) is 0 Å². The molecule has 0 bridgehead atoms. The number of nitrogens with zero attached hydrogens (tertiary/aromatic N) is 1. The fraction of sp³-hybridized carbons (Fsp3) is 0.143. The lowest BCUT2D eigenvalue weighted by molar-refractivity contribution is 0.0849. The minimum atomic E-state index is -0.357. The Morgan fingerprint density at radius 2 is 1.62 bits per heavy atom. The van der Waals surface area contributed by atoms with Crippen molar-refractivity contribution < 1.29 is 9.59 Å². The van der Waals surface area contributed by atoms with E-state index in [-0.39, 0.29) is 11.8 Å². The van der Waals surface area contributed by atoms with Crippen LogP contribution in [-0.4, -0.2) is 25.9 Å². The zero-order valence-corrected chi connectivity index (χ0v) is 13.9. The molecule has 2 N–H and O–H groups in total. The van der Waals surface area contributed by atoms with Crippen LogP contribution in [0.4, 0.5) is 5.69 Å². The Kier molecular flexibility index (Phi) is 4.98. The van der Waals surface area contributed by atoms with Gasteiger partial charge in [-0.05, 0) is 52.3 Å². The molecule has 0 aliphatic carbocycles. The topological polar surface area (TPSA) is 61.4 Å². The van der Waals surface area contributed by atoms with Crippen molar-refractivity contribution in [3.8, 4) is 0 Å². The molecule has 0 saturated heterocycles. The standard InChI is InChI=1S/C14H14BrN3O2S/c1-18(2)10-5-3-9(4-6-10)13(19)16-17-14(20)11-7-8-12(15)21-11/h3-8H,1-2H3,(H,16,19)(H,17,20). The van der Waals surface area contributed by atoms with Crippen molar-refractivity contribution in [2.75, 3.05) is 19.0 Å². The van der Waals surface area contributed by atoms with E-state index in [1.807, 2.05) is 31.1 Å². The third-order valence-corrected chi connectivity index (χ3v) is 4.35. The van der Waals surface area contributed by atoms with E-state index in [1.165, 1.54) is 11.3 Å². The number of rotatable bonds is 3. The van der Waals surface area contributed by atoms with E-state index in [9.17, 15) is 9.59 Å². The number of carbonyl (C=O) groups excluding carboxylic acids is 2. The molecule has 2 aromatic rings. The second kappa shape index (κ2) is 6.73. The number of halogens is 1. The van der Waals surface area contributed by atoms with Crippen LogP contribution in [0.2, 0.25) is 0 Å². The van der Waals surface area contributed by atoms with Gasteiger partial charge < -0.3 is 4.90 Å². The summed E-state index contributed by atoms with van der Waals surface area (Å²) in [5.74, 6) is -0.701. The van der Waals surface area contributed by atoms with Crippen molar-refractivity contribution >= 4 is 44.8 Å². The fourth-order valence-electron chi connectivity index (χ4n) is 1.59. The Balaban J connectivity index is 1.94. The number of hydrogen-bond acceptors (Lipinski definition) is 4. The quantitative estimate of drug-likeness (QED) is 0.819. The van der Waals surface area contributed by atoms with Crippen LogP contribution in [0.25, 0.3) is 0 Å². The van der Waals surface area contributed by atoms with Gasteiger partial charge in [-0.2, -0.15) is 0 Å². The van der Waals surface area contributed by atoms with Gasteiger partial charge in [0.25, 0.3) is 11.8 Å². The minimum absolute atomic E-state index is 0.344. The molecule has 0 aliphatic rings. The Bertz CT molecular complexity index is 652. The first kappa shape index (κ1) is 15.5. The highest BCUT2D eigenvalue weighted by Gasteiger charge is 2.11. The van der Waals surface area contributed by atoms with Gasteiger partial charge in [0.15, 0.2) is 0 Å². The second-order valence-corrected chi connectivity index (χ2v) is 6.92. The van der Waals surface area contributed by atoms with Gasteiger partial charge in [-0.1, -0.05) is 0 Å². The summed E-state index contributed by atoms with van der Waals surface area (Å²) in [6.07, 6.45) is 0. The zero-order chi connectivity index (χ0) is 15.4. The van der Waals surface area contributed by atoms with Gasteiger partial charge in [-0.15, -0.1) is 11.3 Å². The van der Waals surface area contributed by atoms with E-state index in [2.05, 4.69) is 26.8 Å². The smallest absolute Gasteiger partial charge is 0.279 e. The van der Waals surface area contributed by atoms with Crippen LogP contribution in [0.5, 0.6) is 0 Å². The fourth-order valence-corrected chi connectivity index (χ4v) is 2.88. The summed E-state index contributed by atoms with van der Waals surface area (Å²) in [7, 11) is 3.85. The van der Waals surface area contributed by atoms with Crippen LogP contribution < -0.4 is 15.8 Å². The molecule has 0 spiro atoms. The summed E-state index contributed by atoms with van der Waals surface area (Å²) in [4.78, 5) is 26.2. The lowest BCUT2D eigenvalue weighted by Gasteiger charge is -2.12. The number of benzene rings is 1. The molecule has 0 saturated carbocycles. The number of thiophene rings is 1. The summed E-state index contributed by atoms with van der Waals surface area (Å²) in [6, 6.07) is 10.6. The molecule has 2 rings (SSSR count). The summed E-state index contributed by atoms with van der Waals surface area (Å²) < 4.78 is 0.859. The van der Waals surface area contributed by atoms with E-state index in [4.69, 9.17) is 0 Å². The van der Waals surface area contributed by atoms with Gasteiger partial charge in [0, 0.05) is 25.3 Å². The summed E-state index contributed by atoms with van der Waals surface area (Å²) in [5.41, 5.74) is 6.26. The maximum absolute atomic E-state index is 11.9. The summed E-state index contributed by atoms with van der Waals surface area (Å²) in [6.45, 7) is 0. The van der Waals surface area contributed by atoms with Crippen molar-refractivity contribution in [3.05, 3.63) is 50.6 Å². The Hall–Kier alpha value is -1.86. The van der Waals surface area contributed by atoms with Crippen LogP contribution in [0, 0.1) is 0 Å². The molecule has 1 heterocycles. The van der Waals surface area contributed by atoms with Gasteiger partial charge in [-0.3, -0.25) is 20.4 Å². The molecule has 0 aliphatic heterocycles. The monoisotopic (exact) mass is 367 g/mol. The van der Waals surface area contributed by atoms with Crippen molar-refractivity contribution in [2.45, 2.75) is 0 Å². The molecular formula is C14H14BrN3O2S. The molecule has 0 fully saturated rings. The molecule has 2 amide bonds. The Morgan fingerprint density at radius 3 is 2.14 bits per heavy atom. The maximum Gasteiger partial charge on any atom is 0.279 e. The first-order valence-electron chi connectivity index (χ1n) is 6.11. The van der Waals surface area contributed by atoms with E-state index in [0.29, 0.717) is 10.4 Å². The van der Waals surface area contributed by atoms with Gasteiger partial charge in [0.2, 0.25) is 0 Å². The molecule has 7 heteroatoms. The van der Waals surface area contributed by atoms with Crippen molar-refractivity contribution in [2.24, 2.45) is 0 Å². The third-order valence-electron chi connectivity index (χ3n) is 2.73. The van der Waals surface area contributed by atoms with Crippen LogP contribution in [0.15, 0.2) is 40.2 Å². The normalized spacial score (nSPS) is 10.0. The van der Waals surface area contributed by atoms with E-state index in [1.54, 1.807) is 24.3 Å². The summed E-state index contributed by atoms with van der Waals surface area (Å²) in [5, 5.41) is 0. The predicted octanol–water partition coefficient (Wildman–Crippen LogP) is 2.65. The number of carbonyl (C=O) groups is 2. The van der Waals surface area contributed by atoms with E-state index < -0.39 is 0 Å². The van der Waals surface area contributed by atoms with Crippen molar-refractivity contribution in [3.63, 3.8) is 0 Å². The number of amides is 2. The first-order valence-corrected chi connectivity index (χ1v) is 7.72. The van der Waals surface area contributed by atoms with E-state index in [0.717, 1.165) is 9.47 Å². The van der Waals surface area contributed by atoms with Gasteiger partial charge in [0.05, 0.1) is 8.66 Å². The van der Waals surface area contributed by atoms with Crippen LogP contribution >= 0.6 is 27.3 Å². The number of nitrogens with one attached hydrogen (secondary N) is 2. The highest BCUT2D eigenvalue weighted by molar-refractivity contribution is 9.11. The number of anilines is 1. The van der Waals surface area contributed by atoms with Crippen LogP contribution in [0.1, 0.15) is 20.0 Å². The average Bonchev–Trinajstić information content (AvgIpc) is 2.91. The first-order chi connectivity index (χ1) is 9.97. The number of hydrogen-bond donors (Lipinski definition) is 2. The second-order valence-electron chi connectivity index (χ2n) is 4.45. The molecule has 0 atom stereocenters. The highest BCUT2D eigenvalue weighted by atomic mass is 79.9. The summed E-state index contributed by atoms with van der Waals surface area (Å²) >= 11 is 4.58. The van der Waals surface area contributed by atoms with Crippen LogP contribution in [0.3, 0.4) is 0 Å². The molecule has 0 radical (unpaired) electrons. The molecular weight excluding hydrogens is 354 g/mol. The molecule has 110 valence electrons. The zero-order valence-electron chi connectivity index (χ0n) is 11.5. The maximum atomic E-state index is 11.9. The molecule has 5 nitrogen and oxygen atoms in total. The van der Waals surface area contributed by atoms with Gasteiger partial charge >= 0.3 is 0 Å². The van der Waals surface area contributed by atoms with Crippen molar-refractivity contribution in [1.29, 1.82) is 0 Å². The predicted molar refractivity (Wildman–Crippen MR) is 87.7 cm³/mol. The average molecular weight is 368 g/mol. The molecule has 0 unspecified atom stereocenters.